The molecule has 1 aromatic rings. The number of carbonyl (C=O) groups excluding carboxylic acids is 3. The van der Waals surface area contributed by atoms with Crippen molar-refractivity contribution in [3.8, 4) is 0 Å². The molecule has 2 rings (SSSR count). The Bertz CT molecular complexity index is 785. The summed E-state index contributed by atoms with van der Waals surface area (Å²) < 4.78 is 21.7. The fourth-order valence-electron chi connectivity index (χ4n) is 4.19. The van der Waals surface area contributed by atoms with Crippen molar-refractivity contribution >= 4 is 17.8 Å². The van der Waals surface area contributed by atoms with Gasteiger partial charge < -0.3 is 23.8 Å². The van der Waals surface area contributed by atoms with Crippen LogP contribution in [0.4, 0.5) is 0 Å². The van der Waals surface area contributed by atoms with E-state index in [0.717, 1.165) is 37.7 Å². The van der Waals surface area contributed by atoms with Gasteiger partial charge in [0.05, 0.1) is 5.92 Å². The Morgan fingerprint density at radius 1 is 1.03 bits per heavy atom. The number of carbonyl (C=O) groups is 3. The van der Waals surface area contributed by atoms with Crippen LogP contribution in [0.5, 0.6) is 0 Å². The number of hydrogen-bond acceptors (Lipinski definition) is 7. The molecule has 0 aliphatic carbocycles. The Morgan fingerprint density at radius 2 is 1.74 bits per heavy atom. The Balaban J connectivity index is 2.23. The molecule has 196 valence electrons. The maximum atomic E-state index is 13.3. The summed E-state index contributed by atoms with van der Waals surface area (Å²) in [6.45, 7) is 3.61. The van der Waals surface area contributed by atoms with Crippen molar-refractivity contribution in [2.24, 2.45) is 5.92 Å². The van der Waals surface area contributed by atoms with E-state index in [2.05, 4.69) is 6.92 Å². The van der Waals surface area contributed by atoms with Gasteiger partial charge in [0.1, 0.15) is 6.10 Å². The molecule has 0 spiro atoms. The Morgan fingerprint density at radius 3 is 2.43 bits per heavy atom. The van der Waals surface area contributed by atoms with E-state index < -0.39 is 30.2 Å². The normalized spacial score (nSPS) is 24.3. The van der Waals surface area contributed by atoms with Gasteiger partial charge in [-0.2, -0.15) is 0 Å². The predicted octanol–water partition coefficient (Wildman–Crippen LogP) is 4.25. The molecule has 1 saturated heterocycles. The van der Waals surface area contributed by atoms with Gasteiger partial charge in [0, 0.05) is 26.6 Å². The molecule has 8 nitrogen and oxygen atoms in total. The van der Waals surface area contributed by atoms with Crippen LogP contribution in [0.15, 0.2) is 30.3 Å². The highest BCUT2D eigenvalue weighted by atomic mass is 16.8. The fourth-order valence-corrected chi connectivity index (χ4v) is 4.19. The first-order valence-corrected chi connectivity index (χ1v) is 12.7. The number of methoxy groups -OCH3 is 1. The quantitative estimate of drug-likeness (QED) is 0.260. The molecule has 1 aliphatic rings. The van der Waals surface area contributed by atoms with Gasteiger partial charge in [0.25, 0.3) is 12.2 Å². The number of ether oxygens (including phenoxy) is 4. The second kappa shape index (κ2) is 15.5. The molecule has 1 aliphatic heterocycles. The van der Waals surface area contributed by atoms with Crippen LogP contribution >= 0.6 is 0 Å². The third-order valence-electron chi connectivity index (χ3n) is 6.46. The zero-order valence-electron chi connectivity index (χ0n) is 21.6. The van der Waals surface area contributed by atoms with Crippen molar-refractivity contribution in [1.29, 1.82) is 0 Å². The summed E-state index contributed by atoms with van der Waals surface area (Å²) >= 11 is 0. The lowest BCUT2D eigenvalue weighted by molar-refractivity contribution is -0.213. The van der Waals surface area contributed by atoms with Gasteiger partial charge in [-0.25, -0.2) is 0 Å². The van der Waals surface area contributed by atoms with Crippen LogP contribution in [-0.4, -0.2) is 62.1 Å². The monoisotopic (exact) mass is 491 g/mol. The average molecular weight is 492 g/mol. The zero-order valence-corrected chi connectivity index (χ0v) is 21.6. The summed E-state index contributed by atoms with van der Waals surface area (Å²) in [5.41, 5.74) is 1.03. The van der Waals surface area contributed by atoms with E-state index >= 15 is 0 Å². The van der Waals surface area contributed by atoms with E-state index in [1.54, 1.807) is 14.0 Å². The summed E-state index contributed by atoms with van der Waals surface area (Å²) in [4.78, 5) is 40.5. The molecule has 0 aromatic heterocycles. The van der Waals surface area contributed by atoms with Crippen molar-refractivity contribution < 1.29 is 33.3 Å². The number of likely N-dealkylation sites (N-methyl/N-ethyl adjacent to an activating group) is 1. The summed E-state index contributed by atoms with van der Waals surface area (Å²) in [7, 11) is 3.06. The van der Waals surface area contributed by atoms with E-state index in [9.17, 15) is 14.4 Å². The Hall–Kier alpha value is -2.45. The smallest absolute Gasteiger partial charge is 0.315 e. The molecule has 1 aromatic carbocycles. The van der Waals surface area contributed by atoms with Gasteiger partial charge in [0.15, 0.2) is 6.79 Å². The van der Waals surface area contributed by atoms with E-state index in [-0.39, 0.29) is 25.2 Å². The summed E-state index contributed by atoms with van der Waals surface area (Å²) in [5, 5.41) is 0. The van der Waals surface area contributed by atoms with Gasteiger partial charge in [-0.3, -0.25) is 14.4 Å². The van der Waals surface area contributed by atoms with Gasteiger partial charge >= 0.3 is 11.9 Å². The first-order chi connectivity index (χ1) is 16.9. The fraction of sp³-hybridized carbons (Fsp3) is 0.667. The predicted molar refractivity (Wildman–Crippen MR) is 131 cm³/mol. The highest BCUT2D eigenvalue weighted by Gasteiger charge is 2.36. The van der Waals surface area contributed by atoms with E-state index in [4.69, 9.17) is 18.9 Å². The standard InChI is InChI=1S/C27H41NO7/c1-5-6-7-8-12-15-23-20(2)26(31)35-27(33-19-32-4)25(30)28(3)22(16-17-24(29)34-23)18-21-13-10-9-11-14-21/h9-11,13-14,20,22-23,27H,5-8,12,15-19H2,1-4H3/t20-,22+,23+,27?/m0/s1. The van der Waals surface area contributed by atoms with E-state index in [0.29, 0.717) is 19.3 Å². The SMILES string of the molecule is CCCCCCC[C@H]1OC(=O)CC[C@H](Cc2ccccc2)N(C)C(=O)C(OCOC)OC(=O)[C@H]1C. The highest BCUT2D eigenvalue weighted by Crippen LogP contribution is 2.23. The van der Waals surface area contributed by atoms with Crippen LogP contribution in [-0.2, 0) is 39.8 Å². The van der Waals surface area contributed by atoms with Crippen molar-refractivity contribution in [1.82, 2.24) is 4.90 Å². The first kappa shape index (κ1) is 28.8. The molecule has 1 amide bonds. The number of benzene rings is 1. The zero-order chi connectivity index (χ0) is 25.6. The van der Waals surface area contributed by atoms with Crippen molar-refractivity contribution in [2.75, 3.05) is 21.0 Å². The maximum Gasteiger partial charge on any atom is 0.315 e. The molecule has 8 heteroatoms. The first-order valence-electron chi connectivity index (χ1n) is 12.7. The van der Waals surface area contributed by atoms with Crippen LogP contribution < -0.4 is 0 Å². The number of nitrogens with zero attached hydrogens (tertiary/aromatic N) is 1. The second-order valence-electron chi connectivity index (χ2n) is 9.19. The van der Waals surface area contributed by atoms with Crippen molar-refractivity contribution in [2.45, 2.75) is 90.1 Å². The van der Waals surface area contributed by atoms with Crippen LogP contribution in [0.1, 0.15) is 70.8 Å². The maximum absolute atomic E-state index is 13.3. The third kappa shape index (κ3) is 9.61. The largest absolute Gasteiger partial charge is 0.461 e. The summed E-state index contributed by atoms with van der Waals surface area (Å²) in [6, 6.07) is 9.42. The Labute approximate surface area is 209 Å². The van der Waals surface area contributed by atoms with Crippen molar-refractivity contribution in [3.63, 3.8) is 0 Å². The Kier molecular flexibility index (Phi) is 12.8. The number of amides is 1. The molecule has 0 bridgehead atoms. The lowest BCUT2D eigenvalue weighted by atomic mass is 9.97. The van der Waals surface area contributed by atoms with Gasteiger partial charge in [-0.15, -0.1) is 0 Å². The molecule has 1 heterocycles. The van der Waals surface area contributed by atoms with Crippen molar-refractivity contribution in [3.05, 3.63) is 35.9 Å². The van der Waals surface area contributed by atoms with Gasteiger partial charge in [0.2, 0.25) is 0 Å². The number of rotatable bonds is 11. The molecular formula is C27H41NO7. The van der Waals surface area contributed by atoms with Gasteiger partial charge in [-0.05, 0) is 38.2 Å². The summed E-state index contributed by atoms with van der Waals surface area (Å²) in [6.07, 6.45) is 4.86. The lowest BCUT2D eigenvalue weighted by Crippen LogP contribution is -2.48. The highest BCUT2D eigenvalue weighted by molar-refractivity contribution is 5.83. The van der Waals surface area contributed by atoms with Crippen LogP contribution in [0.25, 0.3) is 0 Å². The van der Waals surface area contributed by atoms with E-state index in [1.165, 1.54) is 12.0 Å². The topological polar surface area (TPSA) is 91.4 Å². The van der Waals surface area contributed by atoms with Crippen LogP contribution in [0, 0.1) is 5.92 Å². The number of hydrogen-bond donors (Lipinski definition) is 0. The van der Waals surface area contributed by atoms with Crippen LogP contribution in [0.3, 0.4) is 0 Å². The minimum atomic E-state index is -1.44. The van der Waals surface area contributed by atoms with E-state index in [1.807, 2.05) is 30.3 Å². The number of esters is 2. The lowest BCUT2D eigenvalue weighted by Gasteiger charge is -2.33. The molecule has 35 heavy (non-hydrogen) atoms. The van der Waals surface area contributed by atoms with Crippen LogP contribution in [0.2, 0.25) is 0 Å². The van der Waals surface area contributed by atoms with Gasteiger partial charge in [-0.1, -0.05) is 62.9 Å². The second-order valence-corrected chi connectivity index (χ2v) is 9.19. The molecule has 1 unspecified atom stereocenters. The minimum absolute atomic E-state index is 0.146. The third-order valence-corrected chi connectivity index (χ3v) is 6.46. The summed E-state index contributed by atoms with van der Waals surface area (Å²) in [5.74, 6) is -2.22. The molecular weight excluding hydrogens is 450 g/mol. The molecule has 0 N–H and O–H groups in total. The number of unbranched alkanes of at least 4 members (excludes halogenated alkanes) is 4. The average Bonchev–Trinajstić information content (AvgIpc) is 2.86. The molecule has 0 radical (unpaired) electrons. The number of cyclic esters (lactones) is 2. The molecule has 0 saturated carbocycles. The molecule has 4 atom stereocenters. The molecule has 1 fully saturated rings. The minimum Gasteiger partial charge on any atom is -0.461 e.